The van der Waals surface area contributed by atoms with Crippen molar-refractivity contribution in [2.45, 2.75) is 31.4 Å². The lowest BCUT2D eigenvalue weighted by atomic mass is 10.0. The van der Waals surface area contributed by atoms with Gasteiger partial charge < -0.3 is 15.2 Å². The summed E-state index contributed by atoms with van der Waals surface area (Å²) in [6.07, 6.45) is 2.20. The van der Waals surface area contributed by atoms with Crippen LogP contribution in [0.4, 0.5) is 24.5 Å². The molecule has 2 aromatic carbocycles. The number of aromatic nitrogens is 3. The Bertz CT molecular complexity index is 1660. The largest absolute Gasteiger partial charge is 0.479 e. The van der Waals surface area contributed by atoms with Gasteiger partial charge in [0, 0.05) is 23.2 Å². The average molecular weight is 596 g/mol. The van der Waals surface area contributed by atoms with Gasteiger partial charge in [-0.25, -0.2) is 26.7 Å². The van der Waals surface area contributed by atoms with Crippen LogP contribution in [0.15, 0.2) is 36.5 Å². The number of hydrogen-bond donors (Lipinski definition) is 4. The Morgan fingerprint density at radius 1 is 1.20 bits per heavy atom. The maximum absolute atomic E-state index is 15.9. The Balaban J connectivity index is 1.58. The molecule has 0 saturated heterocycles. The van der Waals surface area contributed by atoms with Gasteiger partial charge in [0.05, 0.1) is 29.5 Å². The van der Waals surface area contributed by atoms with Crippen molar-refractivity contribution in [3.8, 4) is 17.0 Å². The Morgan fingerprint density at radius 2 is 1.98 bits per heavy atom. The Morgan fingerprint density at radius 3 is 2.65 bits per heavy atom. The number of fused-ring (bicyclic) bond motifs is 1. The van der Waals surface area contributed by atoms with Crippen molar-refractivity contribution in [1.29, 1.82) is 0 Å². The van der Waals surface area contributed by atoms with E-state index in [4.69, 9.17) is 16.3 Å². The fourth-order valence-electron chi connectivity index (χ4n) is 4.72. The van der Waals surface area contributed by atoms with Crippen LogP contribution >= 0.6 is 11.6 Å². The summed E-state index contributed by atoms with van der Waals surface area (Å²) in [7, 11) is 1.23. The van der Waals surface area contributed by atoms with E-state index in [0.29, 0.717) is 23.6 Å². The number of benzene rings is 2. The number of nitrogens with one attached hydrogen (secondary N) is 2. The van der Waals surface area contributed by atoms with Crippen molar-refractivity contribution in [3.63, 3.8) is 0 Å². The molecule has 2 aromatic heterocycles. The summed E-state index contributed by atoms with van der Waals surface area (Å²) >= 11 is 3.06. The van der Waals surface area contributed by atoms with E-state index in [1.807, 2.05) is 0 Å². The monoisotopic (exact) mass is 595 g/mol. The van der Waals surface area contributed by atoms with Gasteiger partial charge in [0.25, 0.3) is 17.2 Å². The van der Waals surface area contributed by atoms with E-state index in [1.54, 1.807) is 0 Å². The van der Waals surface area contributed by atoms with E-state index in [9.17, 15) is 18.7 Å². The minimum Gasteiger partial charge on any atom is -0.479 e. The van der Waals surface area contributed by atoms with Crippen LogP contribution in [0, 0.1) is 17.5 Å². The zero-order valence-electron chi connectivity index (χ0n) is 20.6. The standard InChI is InChI=1S/C25H21ClF3N5O5S/c1-39-25-18(8-11(26)10-30-25)34(40(37)38)17-7-6-16(27)19(21(17)29)14-4-5-15-22(20(14)28)32-33-23(15)24(36)31-12-2-3-13(35)9-12/h4-8,10,12-13,35H,2-3,9H2,1H3,(H,31,36)(H,32,33)(H,37,38). The van der Waals surface area contributed by atoms with Gasteiger partial charge in [-0.3, -0.25) is 14.4 Å². The van der Waals surface area contributed by atoms with Gasteiger partial charge in [-0.05, 0) is 43.5 Å². The predicted octanol–water partition coefficient (Wildman–Crippen LogP) is 4.62. The first-order chi connectivity index (χ1) is 19.1. The number of ether oxygens (including phenoxy) is 1. The van der Waals surface area contributed by atoms with E-state index in [2.05, 4.69) is 20.5 Å². The quantitative estimate of drug-likeness (QED) is 0.228. The number of amides is 1. The van der Waals surface area contributed by atoms with Gasteiger partial charge in [0.1, 0.15) is 22.7 Å². The van der Waals surface area contributed by atoms with Crippen molar-refractivity contribution in [2.24, 2.45) is 0 Å². The van der Waals surface area contributed by atoms with Crippen LogP contribution in [0.5, 0.6) is 5.88 Å². The van der Waals surface area contributed by atoms with Crippen LogP contribution in [0.3, 0.4) is 0 Å². The lowest BCUT2D eigenvalue weighted by molar-refractivity contribution is 0.0930. The summed E-state index contributed by atoms with van der Waals surface area (Å²) < 4.78 is 74.6. The highest BCUT2D eigenvalue weighted by atomic mass is 35.5. The lowest BCUT2D eigenvalue weighted by Gasteiger charge is -2.23. The minimum absolute atomic E-state index is 0.0352. The summed E-state index contributed by atoms with van der Waals surface area (Å²) in [6, 6.07) is 5.00. The molecule has 1 aliphatic rings. The molecule has 1 saturated carbocycles. The second-order valence-corrected chi connectivity index (χ2v) is 10.3. The van der Waals surface area contributed by atoms with E-state index in [1.165, 1.54) is 25.4 Å². The van der Waals surface area contributed by atoms with Crippen LogP contribution in [-0.4, -0.2) is 54.2 Å². The number of anilines is 2. The number of carbonyl (C=O) groups is 1. The molecule has 0 bridgehead atoms. The topological polar surface area (TPSA) is 141 Å². The van der Waals surface area contributed by atoms with Crippen molar-refractivity contribution < 1.29 is 36.6 Å². The summed E-state index contributed by atoms with van der Waals surface area (Å²) in [4.78, 5) is 16.7. The van der Waals surface area contributed by atoms with Crippen molar-refractivity contribution in [3.05, 3.63) is 64.7 Å². The number of aliphatic hydroxyl groups excluding tert-OH is 1. The average Bonchev–Trinajstić information content (AvgIpc) is 3.53. The SMILES string of the molecule is COc1ncc(Cl)cc1N(c1ccc(F)c(-c2ccc3c(C(=O)NC4CCC(O)C4)[nH]nc3c2F)c1F)S(=O)O. The molecule has 3 atom stereocenters. The predicted molar refractivity (Wildman–Crippen MR) is 141 cm³/mol. The van der Waals surface area contributed by atoms with Crippen LogP contribution in [0.1, 0.15) is 29.8 Å². The van der Waals surface area contributed by atoms with Gasteiger partial charge >= 0.3 is 0 Å². The van der Waals surface area contributed by atoms with Crippen molar-refractivity contribution >= 4 is 51.1 Å². The molecule has 1 aliphatic carbocycles. The van der Waals surface area contributed by atoms with E-state index in [0.717, 1.165) is 18.2 Å². The Kier molecular flexibility index (Phi) is 7.68. The Hall–Kier alpha value is -3.72. The number of aliphatic hydroxyl groups is 1. The summed E-state index contributed by atoms with van der Waals surface area (Å²) in [5, 5.41) is 18.9. The van der Waals surface area contributed by atoms with Gasteiger partial charge in [0.15, 0.2) is 11.6 Å². The molecule has 0 spiro atoms. The lowest BCUT2D eigenvalue weighted by Crippen LogP contribution is -2.33. The second kappa shape index (κ2) is 11.0. The second-order valence-electron chi connectivity index (χ2n) is 9.02. The summed E-state index contributed by atoms with van der Waals surface area (Å²) in [6.45, 7) is 0. The highest BCUT2D eigenvalue weighted by molar-refractivity contribution is 7.81. The summed E-state index contributed by atoms with van der Waals surface area (Å²) in [5.74, 6) is -4.40. The molecule has 1 fully saturated rings. The van der Waals surface area contributed by atoms with Crippen LogP contribution in [0.2, 0.25) is 5.02 Å². The molecule has 10 nitrogen and oxygen atoms in total. The van der Waals surface area contributed by atoms with Crippen LogP contribution in [-0.2, 0) is 11.3 Å². The third-order valence-electron chi connectivity index (χ3n) is 6.56. The zero-order valence-corrected chi connectivity index (χ0v) is 22.2. The number of halogens is 4. The number of carbonyl (C=O) groups excluding carboxylic acids is 1. The number of aromatic amines is 1. The molecule has 5 rings (SSSR count). The maximum atomic E-state index is 15.9. The van der Waals surface area contributed by atoms with Gasteiger partial charge in [-0.2, -0.15) is 5.10 Å². The number of H-pyrrole nitrogens is 1. The molecule has 4 N–H and O–H groups in total. The molecule has 3 unspecified atom stereocenters. The van der Waals surface area contributed by atoms with E-state index < -0.39 is 57.5 Å². The third kappa shape index (κ3) is 4.98. The van der Waals surface area contributed by atoms with Crippen molar-refractivity contribution in [1.82, 2.24) is 20.5 Å². The molecule has 0 aliphatic heterocycles. The molecular weight excluding hydrogens is 575 g/mol. The maximum Gasteiger partial charge on any atom is 0.270 e. The highest BCUT2D eigenvalue weighted by Gasteiger charge is 2.30. The molecule has 0 radical (unpaired) electrons. The highest BCUT2D eigenvalue weighted by Crippen LogP contribution is 2.41. The van der Waals surface area contributed by atoms with Gasteiger partial charge in [0.2, 0.25) is 5.88 Å². The fourth-order valence-corrected chi connectivity index (χ4v) is 5.48. The van der Waals surface area contributed by atoms with Crippen molar-refractivity contribution in [2.75, 3.05) is 11.4 Å². The van der Waals surface area contributed by atoms with Crippen LogP contribution < -0.4 is 14.4 Å². The first kappa shape index (κ1) is 27.8. The number of pyridine rings is 1. The molecule has 2 heterocycles. The Labute approximate surface area is 232 Å². The normalized spacial score (nSPS) is 17.7. The van der Waals surface area contributed by atoms with E-state index in [-0.39, 0.29) is 39.2 Å². The zero-order chi connectivity index (χ0) is 28.7. The van der Waals surface area contributed by atoms with Gasteiger partial charge in [-0.1, -0.05) is 17.7 Å². The number of hydrogen-bond acceptors (Lipinski definition) is 6. The number of rotatable bonds is 7. The number of nitrogens with zero attached hydrogens (tertiary/aromatic N) is 3. The van der Waals surface area contributed by atoms with E-state index >= 15 is 13.2 Å². The molecule has 40 heavy (non-hydrogen) atoms. The third-order valence-corrected chi connectivity index (χ3v) is 7.47. The number of methoxy groups -OCH3 is 1. The minimum atomic E-state index is -2.92. The molecular formula is C25H21ClF3N5O5S. The molecule has 1 amide bonds. The summed E-state index contributed by atoms with van der Waals surface area (Å²) in [5.41, 5.74) is -2.58. The first-order valence-corrected chi connectivity index (χ1v) is 13.3. The first-order valence-electron chi connectivity index (χ1n) is 11.8. The molecule has 4 aromatic rings. The smallest absolute Gasteiger partial charge is 0.270 e. The van der Waals surface area contributed by atoms with Gasteiger partial charge in [-0.15, -0.1) is 0 Å². The molecule has 210 valence electrons. The fraction of sp³-hybridized carbons (Fsp3) is 0.240. The van der Waals surface area contributed by atoms with Crippen LogP contribution in [0.25, 0.3) is 22.0 Å². The molecule has 15 heteroatoms.